The SMILES string of the molecule is CCC(OCCOCCCOC)C(O)c1ccccc1. The Kier molecular flexibility index (Phi) is 9.24. The Bertz CT molecular complexity index is 329. The predicted molar refractivity (Wildman–Crippen MR) is 78.7 cm³/mol. The summed E-state index contributed by atoms with van der Waals surface area (Å²) >= 11 is 0. The standard InChI is InChI=1S/C16H26O4/c1-3-15(16(17)14-8-5-4-6-9-14)20-13-12-19-11-7-10-18-2/h4-6,8-9,15-17H,3,7,10-13H2,1-2H3. The van der Waals surface area contributed by atoms with Gasteiger partial charge in [-0.1, -0.05) is 37.3 Å². The lowest BCUT2D eigenvalue weighted by Gasteiger charge is -2.22. The van der Waals surface area contributed by atoms with Crippen LogP contribution in [0.5, 0.6) is 0 Å². The van der Waals surface area contributed by atoms with Crippen LogP contribution in [-0.2, 0) is 14.2 Å². The molecule has 0 radical (unpaired) electrons. The first-order valence-electron chi connectivity index (χ1n) is 7.20. The molecule has 0 aromatic heterocycles. The van der Waals surface area contributed by atoms with E-state index >= 15 is 0 Å². The zero-order chi connectivity index (χ0) is 14.6. The van der Waals surface area contributed by atoms with Gasteiger partial charge in [0.25, 0.3) is 0 Å². The van der Waals surface area contributed by atoms with E-state index in [0.717, 1.165) is 18.4 Å². The van der Waals surface area contributed by atoms with E-state index < -0.39 is 6.10 Å². The summed E-state index contributed by atoms with van der Waals surface area (Å²) in [5.74, 6) is 0. The minimum Gasteiger partial charge on any atom is -0.386 e. The van der Waals surface area contributed by atoms with Crippen molar-refractivity contribution in [1.29, 1.82) is 0 Å². The number of ether oxygens (including phenoxy) is 3. The van der Waals surface area contributed by atoms with Gasteiger partial charge >= 0.3 is 0 Å². The van der Waals surface area contributed by atoms with Crippen molar-refractivity contribution in [3.63, 3.8) is 0 Å². The highest BCUT2D eigenvalue weighted by atomic mass is 16.5. The minimum atomic E-state index is -0.588. The van der Waals surface area contributed by atoms with Crippen LogP contribution < -0.4 is 0 Å². The summed E-state index contributed by atoms with van der Waals surface area (Å²) in [7, 11) is 1.68. The molecule has 0 heterocycles. The van der Waals surface area contributed by atoms with Crippen LogP contribution in [0, 0.1) is 0 Å². The van der Waals surface area contributed by atoms with Crippen molar-refractivity contribution in [1.82, 2.24) is 0 Å². The summed E-state index contributed by atoms with van der Waals surface area (Å²) in [6.07, 6.45) is 0.870. The normalized spacial score (nSPS) is 14.2. The van der Waals surface area contributed by atoms with E-state index in [0.29, 0.717) is 26.4 Å². The summed E-state index contributed by atoms with van der Waals surface area (Å²) < 4.78 is 16.1. The van der Waals surface area contributed by atoms with Crippen LogP contribution in [0.3, 0.4) is 0 Å². The van der Waals surface area contributed by atoms with Crippen LogP contribution in [0.15, 0.2) is 30.3 Å². The number of aliphatic hydroxyl groups is 1. The molecule has 0 saturated heterocycles. The Morgan fingerprint density at radius 1 is 1.05 bits per heavy atom. The van der Waals surface area contributed by atoms with E-state index in [1.165, 1.54) is 0 Å². The first-order chi connectivity index (χ1) is 9.79. The summed E-state index contributed by atoms with van der Waals surface area (Å²) in [4.78, 5) is 0. The molecule has 1 aromatic rings. The fraction of sp³-hybridized carbons (Fsp3) is 0.625. The lowest BCUT2D eigenvalue weighted by atomic mass is 10.0. The Morgan fingerprint density at radius 3 is 2.45 bits per heavy atom. The van der Waals surface area contributed by atoms with Crippen molar-refractivity contribution < 1.29 is 19.3 Å². The van der Waals surface area contributed by atoms with E-state index in [1.54, 1.807) is 7.11 Å². The molecular weight excluding hydrogens is 256 g/mol. The molecule has 0 aliphatic rings. The molecular formula is C16H26O4. The summed E-state index contributed by atoms with van der Waals surface area (Å²) in [5.41, 5.74) is 0.889. The van der Waals surface area contributed by atoms with E-state index in [1.807, 2.05) is 37.3 Å². The number of rotatable bonds is 11. The summed E-state index contributed by atoms with van der Waals surface area (Å²) in [6, 6.07) is 9.61. The topological polar surface area (TPSA) is 47.9 Å². The van der Waals surface area contributed by atoms with Crippen LogP contribution in [0.25, 0.3) is 0 Å². The molecule has 114 valence electrons. The number of hydrogen-bond donors (Lipinski definition) is 1. The van der Waals surface area contributed by atoms with E-state index in [-0.39, 0.29) is 6.10 Å². The monoisotopic (exact) mass is 282 g/mol. The quantitative estimate of drug-likeness (QED) is 0.634. The maximum atomic E-state index is 10.3. The summed E-state index contributed by atoms with van der Waals surface area (Å²) in [6.45, 7) is 4.44. The van der Waals surface area contributed by atoms with Crippen molar-refractivity contribution in [2.45, 2.75) is 32.0 Å². The molecule has 1 N–H and O–H groups in total. The number of benzene rings is 1. The highest BCUT2D eigenvalue weighted by Gasteiger charge is 2.19. The van der Waals surface area contributed by atoms with Crippen molar-refractivity contribution in [3.05, 3.63) is 35.9 Å². The van der Waals surface area contributed by atoms with Gasteiger partial charge in [-0.2, -0.15) is 0 Å². The van der Waals surface area contributed by atoms with Crippen molar-refractivity contribution in [2.24, 2.45) is 0 Å². The molecule has 20 heavy (non-hydrogen) atoms. The van der Waals surface area contributed by atoms with Gasteiger partial charge in [-0.15, -0.1) is 0 Å². The van der Waals surface area contributed by atoms with Crippen LogP contribution in [0.2, 0.25) is 0 Å². The fourth-order valence-electron chi connectivity index (χ4n) is 1.96. The van der Waals surface area contributed by atoms with Gasteiger partial charge < -0.3 is 19.3 Å². The van der Waals surface area contributed by atoms with Crippen LogP contribution >= 0.6 is 0 Å². The Hall–Kier alpha value is -0.940. The van der Waals surface area contributed by atoms with Crippen LogP contribution in [-0.4, -0.2) is 44.7 Å². The molecule has 0 saturated carbocycles. The first-order valence-corrected chi connectivity index (χ1v) is 7.20. The van der Waals surface area contributed by atoms with E-state index in [4.69, 9.17) is 14.2 Å². The Labute approximate surface area is 121 Å². The Balaban J connectivity index is 2.22. The molecule has 0 bridgehead atoms. The maximum absolute atomic E-state index is 10.3. The molecule has 1 aromatic carbocycles. The van der Waals surface area contributed by atoms with E-state index in [9.17, 15) is 5.11 Å². The van der Waals surface area contributed by atoms with Gasteiger partial charge in [0, 0.05) is 20.3 Å². The number of methoxy groups -OCH3 is 1. The van der Waals surface area contributed by atoms with Gasteiger partial charge in [-0.05, 0) is 18.4 Å². The molecule has 0 fully saturated rings. The average molecular weight is 282 g/mol. The van der Waals surface area contributed by atoms with Gasteiger partial charge in [0.1, 0.15) is 6.10 Å². The average Bonchev–Trinajstić information content (AvgIpc) is 2.50. The molecule has 0 aliphatic heterocycles. The van der Waals surface area contributed by atoms with Gasteiger partial charge in [-0.25, -0.2) is 0 Å². The maximum Gasteiger partial charge on any atom is 0.105 e. The molecule has 4 heteroatoms. The predicted octanol–water partition coefficient (Wildman–Crippen LogP) is 2.57. The van der Waals surface area contributed by atoms with Gasteiger partial charge in [0.2, 0.25) is 0 Å². The Morgan fingerprint density at radius 2 is 1.80 bits per heavy atom. The third kappa shape index (κ3) is 6.48. The summed E-state index contributed by atoms with van der Waals surface area (Å²) in [5, 5.41) is 10.3. The molecule has 4 nitrogen and oxygen atoms in total. The largest absolute Gasteiger partial charge is 0.386 e. The van der Waals surface area contributed by atoms with Gasteiger partial charge in [0.15, 0.2) is 0 Å². The molecule has 0 spiro atoms. The highest BCUT2D eigenvalue weighted by molar-refractivity contribution is 5.18. The zero-order valence-electron chi connectivity index (χ0n) is 12.5. The third-order valence-corrected chi connectivity index (χ3v) is 3.09. The van der Waals surface area contributed by atoms with Gasteiger partial charge in [-0.3, -0.25) is 0 Å². The molecule has 0 amide bonds. The van der Waals surface area contributed by atoms with Crippen LogP contribution in [0.4, 0.5) is 0 Å². The molecule has 0 aliphatic carbocycles. The van der Waals surface area contributed by atoms with Crippen molar-refractivity contribution in [3.8, 4) is 0 Å². The van der Waals surface area contributed by atoms with Crippen molar-refractivity contribution in [2.75, 3.05) is 33.5 Å². The second kappa shape index (κ2) is 10.8. The smallest absolute Gasteiger partial charge is 0.105 e. The zero-order valence-corrected chi connectivity index (χ0v) is 12.5. The third-order valence-electron chi connectivity index (χ3n) is 3.09. The minimum absolute atomic E-state index is 0.194. The second-order valence-electron chi connectivity index (χ2n) is 4.63. The van der Waals surface area contributed by atoms with Gasteiger partial charge in [0.05, 0.1) is 19.3 Å². The fourth-order valence-corrected chi connectivity index (χ4v) is 1.96. The highest BCUT2D eigenvalue weighted by Crippen LogP contribution is 2.21. The second-order valence-corrected chi connectivity index (χ2v) is 4.63. The molecule has 2 atom stereocenters. The molecule has 1 rings (SSSR count). The number of aliphatic hydroxyl groups excluding tert-OH is 1. The number of hydrogen-bond acceptors (Lipinski definition) is 4. The van der Waals surface area contributed by atoms with Crippen LogP contribution in [0.1, 0.15) is 31.4 Å². The lowest BCUT2D eigenvalue weighted by molar-refractivity contribution is -0.0596. The van der Waals surface area contributed by atoms with E-state index in [2.05, 4.69) is 0 Å². The lowest BCUT2D eigenvalue weighted by Crippen LogP contribution is -2.23. The molecule has 2 unspecified atom stereocenters. The first kappa shape index (κ1) is 17.1. The van der Waals surface area contributed by atoms with Crippen molar-refractivity contribution >= 4 is 0 Å².